The first-order valence-corrected chi connectivity index (χ1v) is 7.15. The Labute approximate surface area is 124 Å². The van der Waals surface area contributed by atoms with Crippen LogP contribution in [0.3, 0.4) is 0 Å². The third-order valence-corrected chi connectivity index (χ3v) is 3.40. The Bertz CT molecular complexity index is 472. The van der Waals surface area contributed by atoms with E-state index in [9.17, 15) is 10.1 Å². The van der Waals surface area contributed by atoms with Crippen LogP contribution in [0.15, 0.2) is 12.3 Å². The van der Waals surface area contributed by atoms with Gasteiger partial charge in [-0.25, -0.2) is 0 Å². The predicted molar refractivity (Wildman–Crippen MR) is 81.1 cm³/mol. The molecule has 0 amide bonds. The van der Waals surface area contributed by atoms with Gasteiger partial charge in [-0.2, -0.15) is 0 Å². The molecule has 1 heterocycles. The van der Waals surface area contributed by atoms with E-state index in [1.165, 1.54) is 12.3 Å². The van der Waals surface area contributed by atoms with Crippen molar-refractivity contribution in [3.63, 3.8) is 0 Å². The van der Waals surface area contributed by atoms with Gasteiger partial charge in [0.1, 0.15) is 5.69 Å². The molecule has 0 radical (unpaired) electrons. The molecule has 20 heavy (non-hydrogen) atoms. The molecule has 6 heteroatoms. The van der Waals surface area contributed by atoms with Crippen LogP contribution >= 0.6 is 11.6 Å². The number of pyridine rings is 1. The van der Waals surface area contributed by atoms with Crippen molar-refractivity contribution in [1.82, 2.24) is 10.3 Å². The zero-order valence-corrected chi connectivity index (χ0v) is 13.2. The standard InChI is InChI=1S/C14H22ClN3O2/c1-5-6-16-13(14(2,3)4)8-11-12(18(19)20)7-10(15)9-17-11/h7,9,13,16H,5-6,8H2,1-4H3. The molecule has 0 saturated carbocycles. The highest BCUT2D eigenvalue weighted by molar-refractivity contribution is 6.30. The van der Waals surface area contributed by atoms with Crippen molar-refractivity contribution >= 4 is 17.3 Å². The van der Waals surface area contributed by atoms with Crippen molar-refractivity contribution in [3.8, 4) is 0 Å². The summed E-state index contributed by atoms with van der Waals surface area (Å²) in [4.78, 5) is 14.8. The van der Waals surface area contributed by atoms with Gasteiger partial charge in [0.25, 0.3) is 5.69 Å². The molecule has 1 N–H and O–H groups in total. The van der Waals surface area contributed by atoms with Crippen molar-refractivity contribution in [2.75, 3.05) is 6.54 Å². The Hall–Kier alpha value is -1.20. The lowest BCUT2D eigenvalue weighted by atomic mass is 9.83. The fraction of sp³-hybridized carbons (Fsp3) is 0.643. The molecule has 1 aromatic heterocycles. The number of nitro groups is 1. The smallest absolute Gasteiger partial charge is 0.292 e. The van der Waals surface area contributed by atoms with Crippen LogP contribution in [0.1, 0.15) is 39.8 Å². The molecule has 0 aliphatic carbocycles. The van der Waals surface area contributed by atoms with Gasteiger partial charge in [-0.15, -0.1) is 0 Å². The van der Waals surface area contributed by atoms with E-state index < -0.39 is 4.92 Å². The predicted octanol–water partition coefficient (Wildman–Crippen LogP) is 3.60. The largest absolute Gasteiger partial charge is 0.313 e. The topological polar surface area (TPSA) is 68.1 Å². The molecule has 1 atom stereocenters. The van der Waals surface area contributed by atoms with Crippen LogP contribution in [0, 0.1) is 15.5 Å². The number of hydrogen-bond donors (Lipinski definition) is 1. The number of nitrogens with zero attached hydrogens (tertiary/aromatic N) is 2. The first-order chi connectivity index (χ1) is 9.25. The molecular formula is C14H22ClN3O2. The lowest BCUT2D eigenvalue weighted by Crippen LogP contribution is -2.42. The summed E-state index contributed by atoms with van der Waals surface area (Å²) in [5, 5.41) is 14.8. The summed E-state index contributed by atoms with van der Waals surface area (Å²) in [5.74, 6) is 0. The fourth-order valence-electron chi connectivity index (χ4n) is 1.97. The van der Waals surface area contributed by atoms with Gasteiger partial charge in [0.15, 0.2) is 0 Å². The summed E-state index contributed by atoms with van der Waals surface area (Å²) >= 11 is 5.79. The Morgan fingerprint density at radius 3 is 2.65 bits per heavy atom. The molecule has 0 saturated heterocycles. The van der Waals surface area contributed by atoms with Gasteiger partial charge in [-0.3, -0.25) is 15.1 Å². The van der Waals surface area contributed by atoms with Crippen LogP contribution in [0.5, 0.6) is 0 Å². The lowest BCUT2D eigenvalue weighted by Gasteiger charge is -2.31. The number of hydrogen-bond acceptors (Lipinski definition) is 4. The number of rotatable bonds is 6. The maximum atomic E-state index is 11.1. The van der Waals surface area contributed by atoms with Crippen LogP contribution in [-0.4, -0.2) is 22.5 Å². The number of aromatic nitrogens is 1. The minimum atomic E-state index is -0.423. The molecule has 1 unspecified atom stereocenters. The molecule has 0 aromatic carbocycles. The van der Waals surface area contributed by atoms with Gasteiger partial charge in [0.2, 0.25) is 0 Å². The number of nitrogens with one attached hydrogen (secondary N) is 1. The van der Waals surface area contributed by atoms with Crippen molar-refractivity contribution in [1.29, 1.82) is 0 Å². The normalized spacial score (nSPS) is 13.2. The first-order valence-electron chi connectivity index (χ1n) is 6.78. The first kappa shape index (κ1) is 16.9. The van der Waals surface area contributed by atoms with Gasteiger partial charge in [-0.05, 0) is 18.4 Å². The zero-order valence-electron chi connectivity index (χ0n) is 12.4. The third kappa shape index (κ3) is 4.72. The Morgan fingerprint density at radius 1 is 1.50 bits per heavy atom. The van der Waals surface area contributed by atoms with E-state index in [0.717, 1.165) is 13.0 Å². The van der Waals surface area contributed by atoms with Crippen molar-refractivity contribution in [3.05, 3.63) is 33.1 Å². The van der Waals surface area contributed by atoms with Crippen molar-refractivity contribution in [2.45, 2.75) is 46.6 Å². The minimum absolute atomic E-state index is 0.00921. The average molecular weight is 300 g/mol. The quantitative estimate of drug-likeness (QED) is 0.643. The highest BCUT2D eigenvalue weighted by Gasteiger charge is 2.28. The SMILES string of the molecule is CCCNC(Cc1ncc(Cl)cc1[N+](=O)[O-])C(C)(C)C. The van der Waals surface area contributed by atoms with Gasteiger partial charge in [-0.1, -0.05) is 39.3 Å². The Kier molecular flexibility index (Phi) is 5.89. The minimum Gasteiger partial charge on any atom is -0.313 e. The molecule has 0 aliphatic heterocycles. The van der Waals surface area contributed by atoms with E-state index in [-0.39, 0.29) is 22.2 Å². The van der Waals surface area contributed by atoms with Crippen LogP contribution in [0.25, 0.3) is 0 Å². The number of halogens is 1. The molecule has 112 valence electrons. The maximum Gasteiger partial charge on any atom is 0.292 e. The average Bonchev–Trinajstić information content (AvgIpc) is 2.34. The van der Waals surface area contributed by atoms with Gasteiger partial charge in [0.05, 0.1) is 9.95 Å². The molecule has 1 rings (SSSR count). The second kappa shape index (κ2) is 6.99. The van der Waals surface area contributed by atoms with E-state index in [0.29, 0.717) is 12.1 Å². The van der Waals surface area contributed by atoms with E-state index in [1.807, 2.05) is 0 Å². The lowest BCUT2D eigenvalue weighted by molar-refractivity contribution is -0.386. The van der Waals surface area contributed by atoms with Gasteiger partial charge >= 0.3 is 0 Å². The fourth-order valence-corrected chi connectivity index (χ4v) is 2.12. The monoisotopic (exact) mass is 299 g/mol. The second-order valence-electron chi connectivity index (χ2n) is 5.95. The summed E-state index contributed by atoms with van der Waals surface area (Å²) in [6.45, 7) is 9.31. The summed E-state index contributed by atoms with van der Waals surface area (Å²) in [6, 6.07) is 1.48. The molecule has 1 aromatic rings. The van der Waals surface area contributed by atoms with Gasteiger partial charge in [0, 0.05) is 24.7 Å². The molecule has 5 nitrogen and oxygen atoms in total. The van der Waals surface area contributed by atoms with E-state index in [1.54, 1.807) is 0 Å². The maximum absolute atomic E-state index is 11.1. The Morgan fingerprint density at radius 2 is 2.15 bits per heavy atom. The summed E-state index contributed by atoms with van der Waals surface area (Å²) in [6.07, 6.45) is 2.99. The second-order valence-corrected chi connectivity index (χ2v) is 6.39. The Balaban J connectivity index is 3.01. The summed E-state index contributed by atoms with van der Waals surface area (Å²) in [5.41, 5.74) is 0.456. The molecule has 0 bridgehead atoms. The van der Waals surface area contributed by atoms with Gasteiger partial charge < -0.3 is 5.32 Å². The molecule has 0 spiro atoms. The molecule has 0 fully saturated rings. The zero-order chi connectivity index (χ0) is 15.3. The van der Waals surface area contributed by atoms with E-state index in [2.05, 4.69) is 38.0 Å². The van der Waals surface area contributed by atoms with Crippen LogP contribution in [-0.2, 0) is 6.42 Å². The molecule has 0 aliphatic rings. The van der Waals surface area contributed by atoms with Crippen molar-refractivity contribution < 1.29 is 4.92 Å². The van der Waals surface area contributed by atoms with E-state index in [4.69, 9.17) is 11.6 Å². The van der Waals surface area contributed by atoms with Crippen LogP contribution < -0.4 is 5.32 Å². The molecular weight excluding hydrogens is 278 g/mol. The third-order valence-electron chi connectivity index (χ3n) is 3.19. The highest BCUT2D eigenvalue weighted by Crippen LogP contribution is 2.27. The van der Waals surface area contributed by atoms with E-state index >= 15 is 0 Å². The highest BCUT2D eigenvalue weighted by atomic mass is 35.5. The van der Waals surface area contributed by atoms with Crippen LogP contribution in [0.4, 0.5) is 5.69 Å². The summed E-state index contributed by atoms with van der Waals surface area (Å²) in [7, 11) is 0. The van der Waals surface area contributed by atoms with Crippen molar-refractivity contribution in [2.24, 2.45) is 5.41 Å². The summed E-state index contributed by atoms with van der Waals surface area (Å²) < 4.78 is 0. The van der Waals surface area contributed by atoms with Crippen LogP contribution in [0.2, 0.25) is 5.02 Å².